The van der Waals surface area contributed by atoms with E-state index in [0.29, 0.717) is 29.3 Å². The summed E-state index contributed by atoms with van der Waals surface area (Å²) in [6.45, 7) is 3.51. The van der Waals surface area contributed by atoms with Crippen LogP contribution in [0.4, 0.5) is 30.2 Å². The van der Waals surface area contributed by atoms with Crippen LogP contribution in [0, 0.1) is 17.2 Å². The number of nitrogens with zero attached hydrogens (tertiary/aromatic N) is 2. The fourth-order valence-electron chi connectivity index (χ4n) is 3.19. The Morgan fingerprint density at radius 3 is 2.70 bits per heavy atom. The molecule has 2 aromatic carbocycles. The highest BCUT2D eigenvalue weighted by atomic mass is 19.4. The second kappa shape index (κ2) is 8.45. The van der Waals surface area contributed by atoms with Gasteiger partial charge in [0.2, 0.25) is 5.91 Å². The number of hydrogen-bond donors (Lipinski definition) is 2. The molecular weight excluding hydrogens is 397 g/mol. The number of nitriles is 1. The Morgan fingerprint density at radius 2 is 2.07 bits per heavy atom. The molecule has 2 N–H and O–H groups in total. The van der Waals surface area contributed by atoms with Crippen molar-refractivity contribution in [2.45, 2.75) is 26.1 Å². The monoisotopic (exact) mass is 416 g/mol. The first-order valence-corrected chi connectivity index (χ1v) is 9.19. The van der Waals surface area contributed by atoms with Crippen LogP contribution in [0.2, 0.25) is 0 Å². The lowest BCUT2D eigenvalue weighted by Crippen LogP contribution is -2.24. The molecule has 2 aromatic rings. The van der Waals surface area contributed by atoms with Crippen molar-refractivity contribution < 1.29 is 22.7 Å². The van der Waals surface area contributed by atoms with E-state index in [9.17, 15) is 23.2 Å². The van der Waals surface area contributed by atoms with Crippen LogP contribution in [-0.4, -0.2) is 18.7 Å². The number of amides is 1. The Morgan fingerprint density at radius 1 is 1.30 bits per heavy atom. The number of hydrogen-bond acceptors (Lipinski definition) is 5. The maximum Gasteiger partial charge on any atom is 0.416 e. The molecule has 0 saturated carbocycles. The molecule has 30 heavy (non-hydrogen) atoms. The van der Waals surface area contributed by atoms with Gasteiger partial charge in [-0.1, -0.05) is 6.07 Å². The highest BCUT2D eigenvalue weighted by molar-refractivity contribution is 5.92. The molecule has 0 fully saturated rings. The van der Waals surface area contributed by atoms with Crippen molar-refractivity contribution in [3.8, 4) is 11.8 Å². The number of aliphatic imine (C=N–C) groups is 1. The van der Waals surface area contributed by atoms with Crippen molar-refractivity contribution in [3.05, 3.63) is 47.5 Å². The smallest absolute Gasteiger partial charge is 0.416 e. The maximum absolute atomic E-state index is 13.1. The van der Waals surface area contributed by atoms with Crippen LogP contribution < -0.4 is 15.4 Å². The molecular formula is C21H19F3N4O2. The van der Waals surface area contributed by atoms with E-state index in [4.69, 9.17) is 4.74 Å². The third-order valence-electron chi connectivity index (χ3n) is 4.47. The van der Waals surface area contributed by atoms with Crippen molar-refractivity contribution in [1.82, 2.24) is 0 Å². The first kappa shape index (κ1) is 21.2. The molecule has 1 amide bonds. The van der Waals surface area contributed by atoms with Crippen LogP contribution in [0.25, 0.3) is 0 Å². The molecule has 2 unspecified atom stereocenters. The van der Waals surface area contributed by atoms with E-state index >= 15 is 0 Å². The van der Waals surface area contributed by atoms with Crippen LogP contribution in [-0.2, 0) is 11.0 Å². The molecule has 9 heteroatoms. The molecule has 0 aliphatic carbocycles. The normalized spacial score (nSPS) is 17.6. The summed E-state index contributed by atoms with van der Waals surface area (Å²) in [6.07, 6.45) is -3.04. The van der Waals surface area contributed by atoms with Crippen molar-refractivity contribution in [2.24, 2.45) is 10.9 Å². The molecule has 156 valence electrons. The number of ether oxygens (including phenoxy) is 1. The van der Waals surface area contributed by atoms with Gasteiger partial charge in [-0.2, -0.15) is 18.4 Å². The lowest BCUT2D eigenvalue weighted by atomic mass is 9.90. The number of alkyl halides is 3. The lowest BCUT2D eigenvalue weighted by Gasteiger charge is -2.28. The van der Waals surface area contributed by atoms with Crippen molar-refractivity contribution in [3.63, 3.8) is 0 Å². The van der Waals surface area contributed by atoms with E-state index in [1.807, 2.05) is 0 Å². The molecule has 0 radical (unpaired) electrons. The molecule has 1 aliphatic rings. The Hall–Kier alpha value is -3.54. The average Bonchev–Trinajstić information content (AvgIpc) is 2.68. The summed E-state index contributed by atoms with van der Waals surface area (Å²) in [7, 11) is 0. The zero-order valence-electron chi connectivity index (χ0n) is 16.2. The largest absolute Gasteiger partial charge is 0.492 e. The first-order chi connectivity index (χ1) is 14.2. The van der Waals surface area contributed by atoms with Gasteiger partial charge in [0.15, 0.2) is 0 Å². The van der Waals surface area contributed by atoms with Gasteiger partial charge in [0.05, 0.1) is 35.7 Å². The van der Waals surface area contributed by atoms with Crippen LogP contribution >= 0.6 is 0 Å². The highest BCUT2D eigenvalue weighted by Gasteiger charge is 2.32. The zero-order valence-corrected chi connectivity index (χ0v) is 16.2. The van der Waals surface area contributed by atoms with Crippen LogP contribution in [0.5, 0.6) is 5.75 Å². The van der Waals surface area contributed by atoms with Gasteiger partial charge in [-0.3, -0.25) is 9.79 Å². The minimum absolute atomic E-state index is 0.214. The van der Waals surface area contributed by atoms with Crippen molar-refractivity contribution in [2.75, 3.05) is 17.2 Å². The van der Waals surface area contributed by atoms with Crippen molar-refractivity contribution in [1.29, 1.82) is 5.26 Å². The summed E-state index contributed by atoms with van der Waals surface area (Å²) in [5, 5.41) is 15.2. The number of halogens is 3. The van der Waals surface area contributed by atoms with Gasteiger partial charge in [-0.25, -0.2) is 0 Å². The molecule has 1 aliphatic heterocycles. The van der Waals surface area contributed by atoms with E-state index in [-0.39, 0.29) is 11.6 Å². The maximum atomic E-state index is 13.1. The van der Waals surface area contributed by atoms with Crippen LogP contribution in [0.3, 0.4) is 0 Å². The molecule has 1 heterocycles. The Balaban J connectivity index is 2.04. The summed E-state index contributed by atoms with van der Waals surface area (Å²) in [6, 6.07) is 9.47. The topological polar surface area (TPSA) is 86.5 Å². The predicted octanol–water partition coefficient (Wildman–Crippen LogP) is 5.07. The molecule has 6 nitrogen and oxygen atoms in total. The Kier molecular flexibility index (Phi) is 5.96. The van der Waals surface area contributed by atoms with E-state index in [0.717, 1.165) is 12.1 Å². The second-order valence-electron chi connectivity index (χ2n) is 6.66. The van der Waals surface area contributed by atoms with Gasteiger partial charge in [-0.15, -0.1) is 0 Å². The number of rotatable bonds is 5. The number of carbonyl (C=O) groups excluding carboxylic acids is 1. The third-order valence-corrected chi connectivity index (χ3v) is 4.47. The minimum Gasteiger partial charge on any atom is -0.492 e. The van der Waals surface area contributed by atoms with Gasteiger partial charge in [0, 0.05) is 30.5 Å². The molecule has 0 aromatic heterocycles. The van der Waals surface area contributed by atoms with Gasteiger partial charge in [0.25, 0.3) is 0 Å². The zero-order chi connectivity index (χ0) is 21.9. The minimum atomic E-state index is -4.48. The fraction of sp³-hybridized carbons (Fsp3) is 0.286. The molecule has 0 spiro atoms. The summed E-state index contributed by atoms with van der Waals surface area (Å²) in [5.74, 6) is -0.624. The number of anilines is 2. The Bertz CT molecular complexity index is 1030. The summed E-state index contributed by atoms with van der Waals surface area (Å²) >= 11 is 0. The van der Waals surface area contributed by atoms with Crippen LogP contribution in [0.1, 0.15) is 31.0 Å². The lowest BCUT2D eigenvalue weighted by molar-refractivity contribution is -0.137. The van der Waals surface area contributed by atoms with Crippen molar-refractivity contribution >= 4 is 29.2 Å². The van der Waals surface area contributed by atoms with Gasteiger partial charge in [0.1, 0.15) is 11.7 Å². The SMILES string of the molecule is CCOc1cc2c(cc1NC(C)=O)C(Nc1cccc(C(F)(F)F)c1)C(C#N)C=N2. The third kappa shape index (κ3) is 4.54. The van der Waals surface area contributed by atoms with Crippen LogP contribution in [0.15, 0.2) is 41.4 Å². The van der Waals surface area contributed by atoms with Gasteiger partial charge < -0.3 is 15.4 Å². The predicted molar refractivity (Wildman–Crippen MR) is 107 cm³/mol. The molecule has 0 bridgehead atoms. The van der Waals surface area contributed by atoms with Gasteiger partial charge in [-0.05, 0) is 31.2 Å². The van der Waals surface area contributed by atoms with E-state index in [1.165, 1.54) is 25.3 Å². The summed E-state index contributed by atoms with van der Waals surface area (Å²) in [5.41, 5.74) is 0.882. The van der Waals surface area contributed by atoms with E-state index in [1.54, 1.807) is 19.1 Å². The molecule has 0 saturated heterocycles. The standard InChI is InChI=1S/C21H19F3N4O2/c1-3-30-19-9-17-16(8-18(19)27-12(2)29)20(13(10-25)11-26-17)28-15-6-4-5-14(7-15)21(22,23)24/h4-9,11,13,20,28H,3H2,1-2H3,(H,27,29). The summed E-state index contributed by atoms with van der Waals surface area (Å²) < 4.78 is 44.8. The average molecular weight is 416 g/mol. The summed E-state index contributed by atoms with van der Waals surface area (Å²) in [4.78, 5) is 15.9. The Labute approximate surface area is 171 Å². The number of benzene rings is 2. The first-order valence-electron chi connectivity index (χ1n) is 9.19. The quantitative estimate of drug-likeness (QED) is 0.712. The second-order valence-corrected chi connectivity index (χ2v) is 6.66. The van der Waals surface area contributed by atoms with E-state index in [2.05, 4.69) is 21.7 Å². The number of carbonyl (C=O) groups is 1. The molecule has 2 atom stereocenters. The number of fused-ring (bicyclic) bond motifs is 1. The van der Waals surface area contributed by atoms with E-state index < -0.39 is 23.7 Å². The van der Waals surface area contributed by atoms with Gasteiger partial charge >= 0.3 is 6.18 Å². The number of nitrogens with one attached hydrogen (secondary N) is 2. The molecule has 3 rings (SSSR count). The highest BCUT2D eigenvalue weighted by Crippen LogP contribution is 2.42. The fourth-order valence-corrected chi connectivity index (χ4v) is 3.19.